The van der Waals surface area contributed by atoms with Crippen molar-refractivity contribution >= 4 is 37.3 Å². The Kier molecular flexibility index (Phi) is 7.66. The molecule has 0 aliphatic carbocycles. The third-order valence-corrected chi connectivity index (χ3v) is 3.58. The van der Waals surface area contributed by atoms with Crippen molar-refractivity contribution in [3.05, 3.63) is 0 Å². The molecule has 1 atom stereocenters. The van der Waals surface area contributed by atoms with Gasteiger partial charge in [-0.15, -0.1) is 0 Å². The SMILES string of the molecule is COC(=O)C[C@H]1CSCCN1C(=O)OC(C)(C)C.S. The molecule has 0 saturated carbocycles. The first-order chi connectivity index (χ1) is 8.33. The van der Waals surface area contributed by atoms with E-state index in [1.807, 2.05) is 20.8 Å². The lowest BCUT2D eigenvalue weighted by Crippen LogP contribution is -2.49. The number of amides is 1. The molecule has 0 radical (unpaired) electrons. The number of nitrogens with zero attached hydrogens (tertiary/aromatic N) is 1. The van der Waals surface area contributed by atoms with Crippen molar-refractivity contribution < 1.29 is 19.1 Å². The van der Waals surface area contributed by atoms with Gasteiger partial charge in [-0.25, -0.2) is 4.79 Å². The van der Waals surface area contributed by atoms with Crippen LogP contribution in [0.15, 0.2) is 0 Å². The van der Waals surface area contributed by atoms with E-state index in [4.69, 9.17) is 4.74 Å². The second-order valence-electron chi connectivity index (χ2n) is 5.18. The molecule has 1 rings (SSSR count). The largest absolute Gasteiger partial charge is 0.469 e. The zero-order chi connectivity index (χ0) is 13.8. The molecule has 0 aromatic carbocycles. The van der Waals surface area contributed by atoms with E-state index in [0.29, 0.717) is 6.54 Å². The summed E-state index contributed by atoms with van der Waals surface area (Å²) in [6.07, 6.45) is -0.125. The highest BCUT2D eigenvalue weighted by atomic mass is 32.2. The third-order valence-electron chi connectivity index (χ3n) is 2.49. The maximum atomic E-state index is 12.0. The molecule has 0 aromatic rings. The molecule has 0 bridgehead atoms. The van der Waals surface area contributed by atoms with E-state index < -0.39 is 5.60 Å². The molecule has 5 nitrogen and oxygen atoms in total. The molecule has 19 heavy (non-hydrogen) atoms. The third kappa shape index (κ3) is 6.42. The van der Waals surface area contributed by atoms with Crippen LogP contribution in [-0.4, -0.2) is 53.8 Å². The van der Waals surface area contributed by atoms with Crippen molar-refractivity contribution in [2.24, 2.45) is 0 Å². The Morgan fingerprint density at radius 1 is 1.37 bits per heavy atom. The lowest BCUT2D eigenvalue weighted by molar-refractivity contribution is -0.141. The van der Waals surface area contributed by atoms with Crippen LogP contribution in [0.3, 0.4) is 0 Å². The normalized spacial score (nSPS) is 19.4. The Bertz CT molecular complexity index is 317. The zero-order valence-corrected chi connectivity index (χ0v) is 13.7. The van der Waals surface area contributed by atoms with E-state index in [9.17, 15) is 9.59 Å². The first-order valence-corrected chi connectivity index (χ1v) is 7.13. The van der Waals surface area contributed by atoms with Crippen LogP contribution < -0.4 is 0 Å². The van der Waals surface area contributed by atoms with E-state index in [2.05, 4.69) is 4.74 Å². The quantitative estimate of drug-likeness (QED) is 0.730. The van der Waals surface area contributed by atoms with Gasteiger partial charge in [0.05, 0.1) is 19.6 Å². The highest BCUT2D eigenvalue weighted by Gasteiger charge is 2.32. The highest BCUT2D eigenvalue weighted by Crippen LogP contribution is 2.22. The van der Waals surface area contributed by atoms with Crippen molar-refractivity contribution in [1.29, 1.82) is 0 Å². The van der Waals surface area contributed by atoms with Gasteiger partial charge in [-0.2, -0.15) is 25.3 Å². The summed E-state index contributed by atoms with van der Waals surface area (Å²) in [5.41, 5.74) is -0.516. The fraction of sp³-hybridized carbons (Fsp3) is 0.833. The number of thioether (sulfide) groups is 1. The van der Waals surface area contributed by atoms with Crippen LogP contribution in [0.2, 0.25) is 0 Å². The van der Waals surface area contributed by atoms with Crippen LogP contribution in [-0.2, 0) is 14.3 Å². The summed E-state index contributed by atoms with van der Waals surface area (Å²) in [7, 11) is 1.36. The Morgan fingerprint density at radius 2 is 2.00 bits per heavy atom. The van der Waals surface area contributed by atoms with Crippen LogP contribution in [0.1, 0.15) is 27.2 Å². The van der Waals surface area contributed by atoms with Gasteiger partial charge in [-0.3, -0.25) is 4.79 Å². The number of carbonyl (C=O) groups excluding carboxylic acids is 2. The van der Waals surface area contributed by atoms with Gasteiger partial charge in [0.15, 0.2) is 0 Å². The fourth-order valence-corrected chi connectivity index (χ4v) is 2.72. The van der Waals surface area contributed by atoms with Crippen LogP contribution in [0.5, 0.6) is 0 Å². The van der Waals surface area contributed by atoms with Crippen LogP contribution in [0, 0.1) is 0 Å². The average Bonchev–Trinajstić information content (AvgIpc) is 2.27. The fourth-order valence-electron chi connectivity index (χ4n) is 1.66. The molecule has 0 spiro atoms. The van der Waals surface area contributed by atoms with Gasteiger partial charge in [0, 0.05) is 18.1 Å². The van der Waals surface area contributed by atoms with Crippen molar-refractivity contribution in [2.45, 2.75) is 38.8 Å². The number of hydrogen-bond donors (Lipinski definition) is 0. The molecule has 112 valence electrons. The highest BCUT2D eigenvalue weighted by molar-refractivity contribution is 7.99. The van der Waals surface area contributed by atoms with E-state index in [1.54, 1.807) is 16.7 Å². The number of methoxy groups -OCH3 is 1. The summed E-state index contributed by atoms with van der Waals surface area (Å²) in [4.78, 5) is 25.0. The predicted octanol–water partition coefficient (Wildman–Crippen LogP) is 2.01. The first-order valence-electron chi connectivity index (χ1n) is 5.97. The molecule has 1 aliphatic rings. The molecule has 1 fully saturated rings. The summed E-state index contributed by atoms with van der Waals surface area (Å²) in [5.74, 6) is 1.32. The van der Waals surface area contributed by atoms with Gasteiger partial charge in [-0.05, 0) is 20.8 Å². The van der Waals surface area contributed by atoms with Crippen molar-refractivity contribution in [2.75, 3.05) is 25.2 Å². The minimum atomic E-state index is -0.516. The van der Waals surface area contributed by atoms with E-state index in [0.717, 1.165) is 11.5 Å². The van der Waals surface area contributed by atoms with Crippen molar-refractivity contribution in [3.8, 4) is 0 Å². The number of hydrogen-bond acceptors (Lipinski definition) is 5. The molecule has 1 saturated heterocycles. The monoisotopic (exact) mass is 309 g/mol. The number of ether oxygens (including phenoxy) is 2. The Labute approximate surface area is 125 Å². The summed E-state index contributed by atoms with van der Waals surface area (Å²) in [6, 6.07) is -0.133. The molecule has 0 aromatic heterocycles. The van der Waals surface area contributed by atoms with Gasteiger partial charge in [0.25, 0.3) is 0 Å². The Morgan fingerprint density at radius 3 is 2.53 bits per heavy atom. The smallest absolute Gasteiger partial charge is 0.410 e. The Hall–Kier alpha value is -0.560. The number of carbonyl (C=O) groups is 2. The van der Waals surface area contributed by atoms with Gasteiger partial charge in [0.1, 0.15) is 5.60 Å². The maximum absolute atomic E-state index is 12.0. The topological polar surface area (TPSA) is 55.8 Å². The lowest BCUT2D eigenvalue weighted by Gasteiger charge is -2.35. The molecular weight excluding hydrogens is 286 g/mol. The Balaban J connectivity index is 0.00000324. The van der Waals surface area contributed by atoms with Gasteiger partial charge < -0.3 is 14.4 Å². The van der Waals surface area contributed by atoms with Crippen LogP contribution in [0.25, 0.3) is 0 Å². The first kappa shape index (κ1) is 18.4. The van der Waals surface area contributed by atoms with E-state index in [1.165, 1.54) is 7.11 Å². The van der Waals surface area contributed by atoms with Gasteiger partial charge in [0.2, 0.25) is 0 Å². The molecule has 1 aliphatic heterocycles. The summed E-state index contributed by atoms with van der Waals surface area (Å²) in [5, 5.41) is 0. The molecule has 1 amide bonds. The zero-order valence-electron chi connectivity index (χ0n) is 11.9. The second-order valence-corrected chi connectivity index (χ2v) is 6.33. The van der Waals surface area contributed by atoms with E-state index in [-0.39, 0.29) is 38.0 Å². The number of rotatable bonds is 2. The van der Waals surface area contributed by atoms with Crippen molar-refractivity contribution in [1.82, 2.24) is 4.90 Å². The van der Waals surface area contributed by atoms with Crippen molar-refractivity contribution in [3.63, 3.8) is 0 Å². The number of esters is 1. The summed E-state index contributed by atoms with van der Waals surface area (Å²) in [6.45, 7) is 6.11. The standard InChI is InChI=1S/C12H21NO4S.H2S/c1-12(2,3)17-11(15)13-5-6-18-8-9(13)7-10(14)16-4;/h9H,5-8H2,1-4H3;1H2/t9-;/m0./s1. The average molecular weight is 309 g/mol. The molecule has 0 N–H and O–H groups in total. The molecule has 0 unspecified atom stereocenters. The second kappa shape index (κ2) is 7.89. The van der Waals surface area contributed by atoms with Gasteiger partial charge in [-0.1, -0.05) is 0 Å². The maximum Gasteiger partial charge on any atom is 0.410 e. The molecule has 7 heteroatoms. The minimum absolute atomic E-state index is 0. The lowest BCUT2D eigenvalue weighted by atomic mass is 10.2. The minimum Gasteiger partial charge on any atom is -0.469 e. The predicted molar refractivity (Wildman–Crippen MR) is 81.1 cm³/mol. The van der Waals surface area contributed by atoms with Crippen LogP contribution >= 0.6 is 25.3 Å². The summed E-state index contributed by atoms with van der Waals surface area (Å²) >= 11 is 1.74. The van der Waals surface area contributed by atoms with Crippen LogP contribution in [0.4, 0.5) is 4.79 Å². The molecular formula is C12H23NO4S2. The van der Waals surface area contributed by atoms with E-state index >= 15 is 0 Å². The van der Waals surface area contributed by atoms with Gasteiger partial charge >= 0.3 is 12.1 Å². The summed E-state index contributed by atoms with van der Waals surface area (Å²) < 4.78 is 10.0. The molecule has 1 heterocycles.